The Labute approximate surface area is 236 Å². The van der Waals surface area contributed by atoms with Crippen LogP contribution in [0.5, 0.6) is 0 Å². The van der Waals surface area contributed by atoms with Gasteiger partial charge in [0.25, 0.3) is 0 Å². The number of benzene rings is 1. The van der Waals surface area contributed by atoms with E-state index in [0.717, 1.165) is 50.4 Å². The van der Waals surface area contributed by atoms with Gasteiger partial charge in [-0.1, -0.05) is 118 Å². The second-order valence-corrected chi connectivity index (χ2v) is 12.0. The summed E-state index contributed by atoms with van der Waals surface area (Å²) in [5.74, 6) is -2.31. The van der Waals surface area contributed by atoms with Crippen molar-refractivity contribution < 1.29 is 29.7 Å². The maximum atomic E-state index is 12.4. The lowest BCUT2D eigenvalue weighted by Crippen LogP contribution is -2.18. The molecule has 0 aliphatic heterocycles. The van der Waals surface area contributed by atoms with Crippen molar-refractivity contribution in [1.29, 1.82) is 0 Å². The average Bonchev–Trinajstić information content (AvgIpc) is 2.85. The van der Waals surface area contributed by atoms with Gasteiger partial charge in [0, 0.05) is 0 Å². The third-order valence-electron chi connectivity index (χ3n) is 7.63. The van der Waals surface area contributed by atoms with E-state index in [0.29, 0.717) is 25.7 Å². The maximum Gasteiger partial charge on any atom is 0.336 e. The van der Waals surface area contributed by atoms with Crippen LogP contribution in [0.2, 0.25) is 0 Å². The van der Waals surface area contributed by atoms with Crippen LogP contribution in [0.4, 0.5) is 0 Å². The number of rotatable bonds is 23. The molecule has 1 rings (SSSR count). The molecule has 0 spiro atoms. The fourth-order valence-corrected chi connectivity index (χ4v) is 5.41. The van der Waals surface area contributed by atoms with Crippen molar-refractivity contribution in [3.05, 3.63) is 33.9 Å². The second kappa shape index (κ2) is 19.7. The van der Waals surface area contributed by atoms with E-state index in [1.54, 1.807) is 0 Å². The SMILES string of the molecule is CC(C)CCCCCCCCCc1c(C(=O)O)cc(C(=O)O)c(CCCCCCCCCC(C)C)c1C(=O)O. The first-order valence-electron chi connectivity index (χ1n) is 15.4. The Hall–Kier alpha value is -2.37. The van der Waals surface area contributed by atoms with Crippen LogP contribution >= 0.6 is 0 Å². The van der Waals surface area contributed by atoms with E-state index in [-0.39, 0.29) is 27.8 Å². The third-order valence-corrected chi connectivity index (χ3v) is 7.63. The molecule has 0 saturated heterocycles. The lowest BCUT2D eigenvalue weighted by molar-refractivity contribution is 0.0694. The van der Waals surface area contributed by atoms with Crippen LogP contribution in [0, 0.1) is 11.8 Å². The van der Waals surface area contributed by atoms with E-state index in [2.05, 4.69) is 27.7 Å². The molecule has 3 N–H and O–H groups in total. The Morgan fingerprint density at radius 3 is 1.10 bits per heavy atom. The Morgan fingerprint density at radius 2 is 0.821 bits per heavy atom. The highest BCUT2D eigenvalue weighted by Gasteiger charge is 2.27. The number of carboxylic acid groups (broad SMARTS) is 3. The molecule has 39 heavy (non-hydrogen) atoms. The molecule has 0 unspecified atom stereocenters. The van der Waals surface area contributed by atoms with Gasteiger partial charge in [0.1, 0.15) is 0 Å². The smallest absolute Gasteiger partial charge is 0.336 e. The van der Waals surface area contributed by atoms with Crippen LogP contribution in [-0.4, -0.2) is 33.2 Å². The Balaban J connectivity index is 2.82. The summed E-state index contributed by atoms with van der Waals surface area (Å²) in [5, 5.41) is 29.7. The predicted octanol–water partition coefficient (Wildman–Crippen LogP) is 9.42. The van der Waals surface area contributed by atoms with Gasteiger partial charge in [-0.15, -0.1) is 0 Å². The van der Waals surface area contributed by atoms with E-state index in [9.17, 15) is 29.7 Å². The summed E-state index contributed by atoms with van der Waals surface area (Å²) in [4.78, 5) is 36.4. The monoisotopic (exact) mass is 546 g/mol. The first-order chi connectivity index (χ1) is 18.6. The number of carbonyl (C=O) groups is 3. The van der Waals surface area contributed by atoms with Gasteiger partial charge in [-0.25, -0.2) is 14.4 Å². The first-order valence-corrected chi connectivity index (χ1v) is 15.4. The molecule has 0 atom stereocenters. The highest BCUT2D eigenvalue weighted by atomic mass is 16.4. The highest BCUT2D eigenvalue weighted by Crippen LogP contribution is 2.28. The molecule has 1 aromatic carbocycles. The minimum atomic E-state index is -1.27. The molecular formula is C33H54O6. The average molecular weight is 547 g/mol. The fraction of sp³-hybridized carbons (Fsp3) is 0.727. The summed E-state index contributed by atoms with van der Waals surface area (Å²) < 4.78 is 0. The van der Waals surface area contributed by atoms with E-state index >= 15 is 0 Å². The summed E-state index contributed by atoms with van der Waals surface area (Å²) in [6, 6.07) is 1.19. The van der Waals surface area contributed by atoms with Crippen molar-refractivity contribution in [1.82, 2.24) is 0 Å². The first kappa shape index (κ1) is 34.7. The van der Waals surface area contributed by atoms with Gasteiger partial charge in [0.15, 0.2) is 0 Å². The molecule has 6 heteroatoms. The standard InChI is InChI=1S/C33H54O6/c1-24(2)19-15-11-7-5-9-13-17-21-26-28(31(34)35)23-29(32(36)37)27(30(26)33(38)39)22-18-14-10-6-8-12-16-20-25(3)4/h23-25H,5-22H2,1-4H3,(H,34,35)(H,36,37)(H,38,39). The zero-order valence-electron chi connectivity index (χ0n) is 25.0. The van der Waals surface area contributed by atoms with Crippen molar-refractivity contribution in [2.24, 2.45) is 11.8 Å². The van der Waals surface area contributed by atoms with Gasteiger partial charge in [-0.05, 0) is 54.7 Å². The molecule has 0 aromatic heterocycles. The minimum Gasteiger partial charge on any atom is -0.478 e. The van der Waals surface area contributed by atoms with Gasteiger partial charge < -0.3 is 15.3 Å². The lowest BCUT2D eigenvalue weighted by Gasteiger charge is -2.17. The second-order valence-electron chi connectivity index (χ2n) is 12.0. The van der Waals surface area contributed by atoms with Crippen molar-refractivity contribution in [3.8, 4) is 0 Å². The third kappa shape index (κ3) is 14.0. The molecule has 0 heterocycles. The molecule has 0 bridgehead atoms. The van der Waals surface area contributed by atoms with E-state index in [1.807, 2.05) is 0 Å². The van der Waals surface area contributed by atoms with Crippen LogP contribution in [0.1, 0.15) is 173 Å². The number of carboxylic acids is 3. The Bertz CT molecular complexity index is 824. The lowest BCUT2D eigenvalue weighted by atomic mass is 9.86. The number of unbranched alkanes of at least 4 members (excludes halogenated alkanes) is 12. The van der Waals surface area contributed by atoms with Crippen LogP contribution < -0.4 is 0 Å². The van der Waals surface area contributed by atoms with Gasteiger partial charge in [0.2, 0.25) is 0 Å². The van der Waals surface area contributed by atoms with E-state index in [4.69, 9.17) is 0 Å². The highest BCUT2D eigenvalue weighted by molar-refractivity contribution is 6.03. The molecule has 222 valence electrons. The fourth-order valence-electron chi connectivity index (χ4n) is 5.41. The van der Waals surface area contributed by atoms with Crippen LogP contribution in [0.3, 0.4) is 0 Å². The maximum absolute atomic E-state index is 12.4. The molecule has 1 aromatic rings. The largest absolute Gasteiger partial charge is 0.478 e. The molecule has 0 radical (unpaired) electrons. The van der Waals surface area contributed by atoms with E-state index < -0.39 is 17.9 Å². The minimum absolute atomic E-state index is 0.102. The predicted molar refractivity (Wildman–Crippen MR) is 158 cm³/mol. The zero-order chi connectivity index (χ0) is 29.2. The Morgan fingerprint density at radius 1 is 0.513 bits per heavy atom. The molecule has 0 aliphatic rings. The normalized spacial score (nSPS) is 11.4. The topological polar surface area (TPSA) is 112 Å². The summed E-state index contributed by atoms with van der Waals surface area (Å²) in [5.41, 5.74) is 0.0658. The van der Waals surface area contributed by atoms with E-state index in [1.165, 1.54) is 57.4 Å². The van der Waals surface area contributed by atoms with Gasteiger partial charge in [-0.3, -0.25) is 0 Å². The van der Waals surface area contributed by atoms with Gasteiger partial charge in [-0.2, -0.15) is 0 Å². The quantitative estimate of drug-likeness (QED) is 0.118. The number of aromatic carboxylic acids is 3. The van der Waals surface area contributed by atoms with Crippen LogP contribution in [0.25, 0.3) is 0 Å². The van der Waals surface area contributed by atoms with Crippen LogP contribution in [-0.2, 0) is 12.8 Å². The summed E-state index contributed by atoms with van der Waals surface area (Å²) >= 11 is 0. The molecule has 0 fully saturated rings. The summed E-state index contributed by atoms with van der Waals surface area (Å²) in [6.07, 6.45) is 18.0. The van der Waals surface area contributed by atoms with Crippen LogP contribution in [0.15, 0.2) is 6.07 Å². The number of hydrogen-bond acceptors (Lipinski definition) is 3. The molecular weight excluding hydrogens is 492 g/mol. The molecule has 0 aliphatic carbocycles. The summed E-state index contributed by atoms with van der Waals surface area (Å²) in [7, 11) is 0. The molecule has 6 nitrogen and oxygen atoms in total. The van der Waals surface area contributed by atoms with Crippen molar-refractivity contribution >= 4 is 17.9 Å². The van der Waals surface area contributed by atoms with Crippen molar-refractivity contribution in [2.45, 2.75) is 143 Å². The zero-order valence-corrected chi connectivity index (χ0v) is 25.0. The summed E-state index contributed by atoms with van der Waals surface area (Å²) in [6.45, 7) is 8.95. The molecule has 0 amide bonds. The molecule has 0 saturated carbocycles. The van der Waals surface area contributed by atoms with Gasteiger partial charge >= 0.3 is 17.9 Å². The van der Waals surface area contributed by atoms with Crippen molar-refractivity contribution in [3.63, 3.8) is 0 Å². The Kier molecular flexibility index (Phi) is 17.5. The number of hydrogen-bond donors (Lipinski definition) is 3. The van der Waals surface area contributed by atoms with Crippen molar-refractivity contribution in [2.75, 3.05) is 0 Å². The van der Waals surface area contributed by atoms with Gasteiger partial charge in [0.05, 0.1) is 16.7 Å².